The van der Waals surface area contributed by atoms with Crippen molar-refractivity contribution in [1.29, 1.82) is 5.26 Å². The van der Waals surface area contributed by atoms with E-state index in [1.165, 1.54) is 18.2 Å². The highest BCUT2D eigenvalue weighted by molar-refractivity contribution is 6.38. The van der Waals surface area contributed by atoms with E-state index in [-0.39, 0.29) is 0 Å². The summed E-state index contributed by atoms with van der Waals surface area (Å²) in [6.45, 7) is 0. The molecule has 0 spiro atoms. The van der Waals surface area contributed by atoms with Crippen molar-refractivity contribution in [3.63, 3.8) is 0 Å². The molecule has 0 amide bonds. The van der Waals surface area contributed by atoms with Crippen LogP contribution < -0.4 is 5.73 Å². The molecule has 2 N–H and O–H groups in total. The van der Waals surface area contributed by atoms with Crippen LogP contribution in [0.2, 0.25) is 10.0 Å². The van der Waals surface area contributed by atoms with Gasteiger partial charge in [-0.15, -0.1) is 0 Å². The highest BCUT2D eigenvalue weighted by Crippen LogP contribution is 2.43. The lowest BCUT2D eigenvalue weighted by atomic mass is 10.1. The zero-order valence-electron chi connectivity index (χ0n) is 16.1. The van der Waals surface area contributed by atoms with E-state index in [9.17, 15) is 31.6 Å². The van der Waals surface area contributed by atoms with E-state index in [1.54, 1.807) is 18.2 Å². The summed E-state index contributed by atoms with van der Waals surface area (Å²) in [4.78, 5) is 3.55. The van der Waals surface area contributed by atoms with Crippen LogP contribution in [0.4, 0.5) is 32.2 Å². The molecule has 1 atom stereocenters. The minimum Gasteiger partial charge on any atom is -0.383 e. The number of hydrogen-bond acceptors (Lipinski definition) is 4. The number of nitrogen functional groups attached to an aromatic ring is 1. The summed E-state index contributed by atoms with van der Waals surface area (Å²) in [5.41, 5.74) is 3.09. The maximum Gasteiger partial charge on any atom is 0.416 e. The standard InChI is InChI=1S/C20H11Cl2F6N5/c21-12-6-11(19(23,24)25)7-13(22)16(12)33-18(30)15(14(8-29)32-33)17(20(26,27)28)31-9-10-4-2-1-3-5-10/h1-7,9,17H,30H2. The monoisotopic (exact) mass is 505 g/mol. The number of halogens is 8. The van der Waals surface area contributed by atoms with Gasteiger partial charge in [0.25, 0.3) is 0 Å². The Kier molecular flexibility index (Phi) is 6.63. The molecule has 1 unspecified atom stereocenters. The summed E-state index contributed by atoms with van der Waals surface area (Å²) < 4.78 is 81.2. The van der Waals surface area contributed by atoms with E-state index >= 15 is 0 Å². The summed E-state index contributed by atoms with van der Waals surface area (Å²) in [7, 11) is 0. The third kappa shape index (κ3) is 5.07. The maximum atomic E-state index is 13.9. The molecular formula is C20H11Cl2F6N5. The van der Waals surface area contributed by atoms with Crippen molar-refractivity contribution in [3.05, 3.63) is 74.9 Å². The van der Waals surface area contributed by atoms with Crippen molar-refractivity contribution in [1.82, 2.24) is 9.78 Å². The van der Waals surface area contributed by atoms with Gasteiger partial charge in [-0.25, -0.2) is 4.68 Å². The second-order valence-electron chi connectivity index (χ2n) is 6.59. The summed E-state index contributed by atoms with van der Waals surface area (Å²) in [5, 5.41) is 11.9. The lowest BCUT2D eigenvalue weighted by molar-refractivity contribution is -0.148. The van der Waals surface area contributed by atoms with E-state index < -0.39 is 56.8 Å². The largest absolute Gasteiger partial charge is 0.416 e. The molecular weight excluding hydrogens is 495 g/mol. The number of aromatic nitrogens is 2. The van der Waals surface area contributed by atoms with Crippen molar-refractivity contribution >= 4 is 35.2 Å². The summed E-state index contributed by atoms with van der Waals surface area (Å²) in [5.74, 6) is -0.706. The number of hydrogen-bond donors (Lipinski definition) is 1. The Labute approximate surface area is 192 Å². The number of rotatable bonds is 4. The fraction of sp³-hybridized carbons (Fsp3) is 0.150. The van der Waals surface area contributed by atoms with Gasteiger partial charge in [-0.05, 0) is 17.7 Å². The average Bonchev–Trinajstić information content (AvgIpc) is 3.03. The first-order valence-electron chi connectivity index (χ1n) is 8.84. The van der Waals surface area contributed by atoms with Crippen LogP contribution in [0.25, 0.3) is 5.69 Å². The van der Waals surface area contributed by atoms with Crippen LogP contribution in [0.1, 0.15) is 28.4 Å². The first-order valence-corrected chi connectivity index (χ1v) is 9.60. The number of nitriles is 1. The first kappa shape index (κ1) is 24.4. The number of nitrogens with two attached hydrogens (primary N) is 1. The minimum atomic E-state index is -4.98. The molecule has 3 aromatic rings. The summed E-state index contributed by atoms with van der Waals surface area (Å²) in [6, 6.07) is 7.80. The third-order valence-corrected chi connectivity index (χ3v) is 4.95. The van der Waals surface area contributed by atoms with Crippen molar-refractivity contribution in [2.24, 2.45) is 4.99 Å². The van der Waals surface area contributed by atoms with Crippen LogP contribution in [-0.2, 0) is 6.18 Å². The highest BCUT2D eigenvalue weighted by Gasteiger charge is 2.45. The molecule has 0 aliphatic carbocycles. The average molecular weight is 506 g/mol. The summed E-state index contributed by atoms with van der Waals surface area (Å²) >= 11 is 11.9. The molecule has 0 saturated carbocycles. The molecule has 0 aliphatic heterocycles. The molecule has 172 valence electrons. The lowest BCUT2D eigenvalue weighted by Gasteiger charge is -2.17. The topological polar surface area (TPSA) is 80.0 Å². The maximum absolute atomic E-state index is 13.9. The number of nitrogens with zero attached hydrogens (tertiary/aromatic N) is 4. The lowest BCUT2D eigenvalue weighted by Crippen LogP contribution is -2.21. The molecule has 0 fully saturated rings. The molecule has 3 rings (SSSR count). The molecule has 0 aliphatic rings. The van der Waals surface area contributed by atoms with Crippen LogP contribution in [-0.4, -0.2) is 22.2 Å². The van der Waals surface area contributed by atoms with Crippen LogP contribution in [0, 0.1) is 11.3 Å². The molecule has 2 aromatic carbocycles. The third-order valence-electron chi connectivity index (χ3n) is 4.38. The van der Waals surface area contributed by atoms with E-state index in [1.807, 2.05) is 0 Å². The molecule has 33 heavy (non-hydrogen) atoms. The predicted molar refractivity (Wildman–Crippen MR) is 111 cm³/mol. The molecule has 0 saturated heterocycles. The van der Waals surface area contributed by atoms with E-state index in [2.05, 4.69) is 10.1 Å². The normalized spacial score (nSPS) is 13.3. The number of alkyl halides is 6. The fourth-order valence-electron chi connectivity index (χ4n) is 2.92. The van der Waals surface area contributed by atoms with Crippen LogP contribution >= 0.6 is 23.2 Å². The molecule has 1 heterocycles. The zero-order valence-corrected chi connectivity index (χ0v) is 17.6. The number of anilines is 1. The first-order chi connectivity index (χ1) is 15.3. The SMILES string of the molecule is N#Cc1nn(-c2c(Cl)cc(C(F)(F)F)cc2Cl)c(N)c1C(N=Cc1ccccc1)C(F)(F)F. The Morgan fingerprint density at radius 1 is 1.06 bits per heavy atom. The van der Waals surface area contributed by atoms with Gasteiger partial charge >= 0.3 is 12.4 Å². The van der Waals surface area contributed by atoms with Gasteiger partial charge in [0, 0.05) is 6.21 Å². The van der Waals surface area contributed by atoms with Gasteiger partial charge in [0.2, 0.25) is 0 Å². The number of aliphatic imine (C=N–C) groups is 1. The molecule has 5 nitrogen and oxygen atoms in total. The van der Waals surface area contributed by atoms with Crippen LogP contribution in [0.5, 0.6) is 0 Å². The Morgan fingerprint density at radius 2 is 1.64 bits per heavy atom. The van der Waals surface area contributed by atoms with Gasteiger partial charge in [-0.3, -0.25) is 4.99 Å². The van der Waals surface area contributed by atoms with Crippen molar-refractivity contribution in [2.75, 3.05) is 5.73 Å². The van der Waals surface area contributed by atoms with E-state index in [4.69, 9.17) is 28.9 Å². The summed E-state index contributed by atoms with van der Waals surface area (Å²) in [6.07, 6.45) is -8.81. The Hall–Kier alpha value is -3.23. The second kappa shape index (κ2) is 8.96. The fourth-order valence-corrected chi connectivity index (χ4v) is 3.57. The van der Waals surface area contributed by atoms with Gasteiger partial charge in [0.1, 0.15) is 17.6 Å². The van der Waals surface area contributed by atoms with E-state index in [0.29, 0.717) is 22.4 Å². The van der Waals surface area contributed by atoms with Crippen LogP contribution in [0.15, 0.2) is 47.5 Å². The smallest absolute Gasteiger partial charge is 0.383 e. The quantitative estimate of drug-likeness (QED) is 0.330. The Morgan fingerprint density at radius 3 is 2.12 bits per heavy atom. The van der Waals surface area contributed by atoms with E-state index in [0.717, 1.165) is 6.21 Å². The van der Waals surface area contributed by atoms with Gasteiger partial charge in [0.05, 0.1) is 21.2 Å². The number of benzene rings is 2. The molecule has 1 aromatic heterocycles. The Bertz CT molecular complexity index is 1220. The minimum absolute atomic E-state index is 0.352. The van der Waals surface area contributed by atoms with Crippen LogP contribution in [0.3, 0.4) is 0 Å². The van der Waals surface area contributed by atoms with Crippen molar-refractivity contribution < 1.29 is 26.3 Å². The molecule has 0 radical (unpaired) electrons. The highest BCUT2D eigenvalue weighted by atomic mass is 35.5. The van der Waals surface area contributed by atoms with Gasteiger partial charge in [-0.1, -0.05) is 53.5 Å². The van der Waals surface area contributed by atoms with Gasteiger partial charge < -0.3 is 5.73 Å². The van der Waals surface area contributed by atoms with Gasteiger partial charge in [0.15, 0.2) is 11.7 Å². The Balaban J connectivity index is 2.19. The van der Waals surface area contributed by atoms with Crippen molar-refractivity contribution in [3.8, 4) is 11.8 Å². The van der Waals surface area contributed by atoms with Crippen molar-refractivity contribution in [2.45, 2.75) is 18.4 Å². The van der Waals surface area contributed by atoms with Gasteiger partial charge in [-0.2, -0.15) is 36.7 Å². The molecule has 13 heteroatoms. The zero-order chi connectivity index (χ0) is 24.6. The molecule has 0 bridgehead atoms. The predicted octanol–water partition coefficient (Wildman–Crippen LogP) is 6.37. The second-order valence-corrected chi connectivity index (χ2v) is 7.40.